The Kier molecular flexibility index (Phi) is 6.44. The molecule has 0 bridgehead atoms. The van der Waals surface area contributed by atoms with Crippen LogP contribution in [0.4, 0.5) is 0 Å². The second kappa shape index (κ2) is 7.88. The molecule has 0 saturated heterocycles. The van der Waals surface area contributed by atoms with Crippen LogP contribution in [0.2, 0.25) is 0 Å². The third-order valence-corrected chi connectivity index (χ3v) is 2.91. The highest BCUT2D eigenvalue weighted by molar-refractivity contribution is 5.70. The lowest BCUT2D eigenvalue weighted by Gasteiger charge is -2.12. The number of carbonyl (C=O) groups is 1. The Balaban J connectivity index is 2.47. The van der Waals surface area contributed by atoms with Crippen LogP contribution in [0.25, 0.3) is 0 Å². The lowest BCUT2D eigenvalue weighted by molar-refractivity contribution is -0.142. The molecule has 0 aliphatic heterocycles. The molecular formula is C15H22O3. The summed E-state index contributed by atoms with van der Waals surface area (Å²) in [6.07, 6.45) is 2.12. The first-order chi connectivity index (χ1) is 8.63. The summed E-state index contributed by atoms with van der Waals surface area (Å²) in [6.45, 7) is 5.30. The van der Waals surface area contributed by atoms with E-state index in [-0.39, 0.29) is 5.92 Å². The first kappa shape index (κ1) is 14.7. The van der Waals surface area contributed by atoms with Gasteiger partial charge < -0.3 is 9.84 Å². The van der Waals surface area contributed by atoms with Crippen molar-refractivity contribution in [3.8, 4) is 0 Å². The standard InChI is InChI=1S/C15H22O3/c1-3-9-18-10-8-14(15(16)17)11-13-6-4-12(2)5-7-13/h4-7,14H,3,8-11H2,1-2H3,(H,16,17). The molecule has 3 nitrogen and oxygen atoms in total. The van der Waals surface area contributed by atoms with Crippen LogP contribution >= 0.6 is 0 Å². The number of ether oxygens (including phenoxy) is 1. The van der Waals surface area contributed by atoms with Crippen molar-refractivity contribution in [3.05, 3.63) is 35.4 Å². The summed E-state index contributed by atoms with van der Waals surface area (Å²) in [5, 5.41) is 9.19. The zero-order chi connectivity index (χ0) is 13.4. The molecule has 100 valence electrons. The quantitative estimate of drug-likeness (QED) is 0.721. The first-order valence-corrected chi connectivity index (χ1v) is 6.49. The van der Waals surface area contributed by atoms with E-state index in [1.54, 1.807) is 0 Å². The number of carboxylic acids is 1. The van der Waals surface area contributed by atoms with Crippen LogP contribution in [0.3, 0.4) is 0 Å². The van der Waals surface area contributed by atoms with Crippen LogP contribution in [0.1, 0.15) is 30.9 Å². The van der Waals surface area contributed by atoms with Gasteiger partial charge in [-0.25, -0.2) is 0 Å². The lowest BCUT2D eigenvalue weighted by Crippen LogP contribution is -2.18. The van der Waals surface area contributed by atoms with E-state index < -0.39 is 5.97 Å². The largest absolute Gasteiger partial charge is 0.481 e. The fourth-order valence-electron chi connectivity index (χ4n) is 1.79. The Morgan fingerprint density at radius 3 is 2.50 bits per heavy atom. The van der Waals surface area contributed by atoms with Gasteiger partial charge >= 0.3 is 5.97 Å². The van der Waals surface area contributed by atoms with Crippen molar-refractivity contribution in [2.45, 2.75) is 33.1 Å². The SMILES string of the molecule is CCCOCCC(Cc1ccc(C)cc1)C(=O)O. The highest BCUT2D eigenvalue weighted by Crippen LogP contribution is 2.14. The van der Waals surface area contributed by atoms with Crippen LogP contribution in [0.15, 0.2) is 24.3 Å². The first-order valence-electron chi connectivity index (χ1n) is 6.49. The van der Waals surface area contributed by atoms with Gasteiger partial charge in [-0.05, 0) is 31.7 Å². The monoisotopic (exact) mass is 250 g/mol. The highest BCUT2D eigenvalue weighted by Gasteiger charge is 2.17. The number of hydrogen-bond acceptors (Lipinski definition) is 2. The van der Waals surface area contributed by atoms with Crippen LogP contribution < -0.4 is 0 Å². The third kappa shape index (κ3) is 5.32. The predicted molar refractivity (Wildman–Crippen MR) is 71.7 cm³/mol. The fraction of sp³-hybridized carbons (Fsp3) is 0.533. The third-order valence-electron chi connectivity index (χ3n) is 2.91. The maximum atomic E-state index is 11.2. The van der Waals surface area contributed by atoms with E-state index in [1.807, 2.05) is 38.1 Å². The molecule has 1 aromatic rings. The summed E-state index contributed by atoms with van der Waals surface area (Å²) in [7, 11) is 0. The van der Waals surface area contributed by atoms with Crippen LogP contribution in [0, 0.1) is 12.8 Å². The van der Waals surface area contributed by atoms with Crippen molar-refractivity contribution in [2.24, 2.45) is 5.92 Å². The maximum Gasteiger partial charge on any atom is 0.306 e. The number of aliphatic carboxylic acids is 1. The van der Waals surface area contributed by atoms with E-state index >= 15 is 0 Å². The molecule has 1 atom stereocenters. The van der Waals surface area contributed by atoms with Crippen molar-refractivity contribution in [3.63, 3.8) is 0 Å². The van der Waals surface area contributed by atoms with Crippen molar-refractivity contribution < 1.29 is 14.6 Å². The smallest absolute Gasteiger partial charge is 0.306 e. The van der Waals surface area contributed by atoms with Gasteiger partial charge in [0, 0.05) is 13.2 Å². The summed E-state index contributed by atoms with van der Waals surface area (Å²) in [5.41, 5.74) is 2.26. The average molecular weight is 250 g/mol. The average Bonchev–Trinajstić information content (AvgIpc) is 2.35. The molecule has 0 spiro atoms. The molecule has 18 heavy (non-hydrogen) atoms. The summed E-state index contributed by atoms with van der Waals surface area (Å²) in [6, 6.07) is 8.03. The van der Waals surface area contributed by atoms with Gasteiger partial charge in [0.1, 0.15) is 0 Å². The van der Waals surface area contributed by atoms with Gasteiger partial charge in [-0.2, -0.15) is 0 Å². The topological polar surface area (TPSA) is 46.5 Å². The second-order valence-electron chi connectivity index (χ2n) is 4.63. The fourth-order valence-corrected chi connectivity index (χ4v) is 1.79. The Morgan fingerprint density at radius 1 is 1.28 bits per heavy atom. The summed E-state index contributed by atoms with van der Waals surface area (Å²) >= 11 is 0. The molecule has 1 rings (SSSR count). The lowest BCUT2D eigenvalue weighted by atomic mass is 9.96. The van der Waals surface area contributed by atoms with Gasteiger partial charge in [0.25, 0.3) is 0 Å². The number of carboxylic acid groups (broad SMARTS) is 1. The zero-order valence-corrected chi connectivity index (χ0v) is 11.2. The van der Waals surface area contributed by atoms with Gasteiger partial charge in [0.15, 0.2) is 0 Å². The van der Waals surface area contributed by atoms with E-state index in [0.29, 0.717) is 26.1 Å². The number of rotatable bonds is 8. The Hall–Kier alpha value is -1.35. The van der Waals surface area contributed by atoms with Gasteiger partial charge in [-0.3, -0.25) is 4.79 Å². The molecule has 0 heterocycles. The molecule has 0 aliphatic rings. The van der Waals surface area contributed by atoms with E-state index in [2.05, 4.69) is 0 Å². The minimum Gasteiger partial charge on any atom is -0.481 e. The van der Waals surface area contributed by atoms with E-state index in [0.717, 1.165) is 12.0 Å². The van der Waals surface area contributed by atoms with Crippen LogP contribution in [-0.4, -0.2) is 24.3 Å². The van der Waals surface area contributed by atoms with Crippen molar-refractivity contribution >= 4 is 5.97 Å². The number of hydrogen-bond donors (Lipinski definition) is 1. The Morgan fingerprint density at radius 2 is 1.94 bits per heavy atom. The highest BCUT2D eigenvalue weighted by atomic mass is 16.5. The minimum atomic E-state index is -0.740. The van der Waals surface area contributed by atoms with Gasteiger partial charge in [0.05, 0.1) is 5.92 Å². The molecule has 1 unspecified atom stereocenters. The van der Waals surface area contributed by atoms with Gasteiger partial charge in [-0.15, -0.1) is 0 Å². The van der Waals surface area contributed by atoms with Crippen molar-refractivity contribution in [2.75, 3.05) is 13.2 Å². The van der Waals surface area contributed by atoms with Crippen molar-refractivity contribution in [1.29, 1.82) is 0 Å². The molecule has 0 aromatic heterocycles. The number of benzene rings is 1. The van der Waals surface area contributed by atoms with E-state index in [4.69, 9.17) is 4.74 Å². The molecule has 0 saturated carbocycles. The summed E-state index contributed by atoms with van der Waals surface area (Å²) < 4.78 is 5.36. The zero-order valence-electron chi connectivity index (χ0n) is 11.2. The van der Waals surface area contributed by atoms with Gasteiger partial charge in [0.2, 0.25) is 0 Å². The molecular weight excluding hydrogens is 228 g/mol. The van der Waals surface area contributed by atoms with E-state index in [1.165, 1.54) is 5.56 Å². The molecule has 0 amide bonds. The van der Waals surface area contributed by atoms with Crippen molar-refractivity contribution in [1.82, 2.24) is 0 Å². The molecule has 1 N–H and O–H groups in total. The Labute approximate surface area is 109 Å². The van der Waals surface area contributed by atoms with Gasteiger partial charge in [-0.1, -0.05) is 36.8 Å². The summed E-state index contributed by atoms with van der Waals surface area (Å²) in [4.78, 5) is 11.2. The predicted octanol–water partition coefficient (Wildman–Crippen LogP) is 3.06. The molecule has 3 heteroatoms. The van der Waals surface area contributed by atoms with Crippen LogP contribution in [0.5, 0.6) is 0 Å². The van der Waals surface area contributed by atoms with E-state index in [9.17, 15) is 9.90 Å². The van der Waals surface area contributed by atoms with Crippen LogP contribution in [-0.2, 0) is 16.0 Å². The maximum absolute atomic E-state index is 11.2. The molecule has 1 aromatic carbocycles. The second-order valence-corrected chi connectivity index (χ2v) is 4.63. The normalized spacial score (nSPS) is 12.3. The summed E-state index contributed by atoms with van der Waals surface area (Å²) in [5.74, 6) is -1.10. The molecule has 0 aliphatic carbocycles. The Bertz CT molecular complexity index is 357. The molecule has 0 fully saturated rings. The number of aryl methyl sites for hydroxylation is 1. The molecule has 0 radical (unpaired) electrons. The minimum absolute atomic E-state index is 0.357.